The van der Waals surface area contributed by atoms with Crippen molar-refractivity contribution in [2.75, 3.05) is 7.11 Å². The second kappa shape index (κ2) is 5.45. The van der Waals surface area contributed by atoms with E-state index in [-0.39, 0.29) is 17.7 Å². The summed E-state index contributed by atoms with van der Waals surface area (Å²) in [5.41, 5.74) is -1.10. The number of methoxy groups -OCH3 is 1. The molecule has 3 nitrogen and oxygen atoms in total. The first kappa shape index (κ1) is 13.9. The molecule has 1 rings (SSSR count). The smallest absolute Gasteiger partial charge is 0.416 e. The van der Waals surface area contributed by atoms with Crippen molar-refractivity contribution in [1.82, 2.24) is 0 Å². The molecule has 6 heteroatoms. The first-order valence-electron chi connectivity index (χ1n) is 4.80. The molecule has 0 heterocycles. The number of phenolic OH excluding ortho intramolecular Hbond substituents is 1. The molecule has 0 saturated carbocycles. The molecule has 1 aromatic carbocycles. The summed E-state index contributed by atoms with van der Waals surface area (Å²) in [6.07, 6.45) is -4.77. The maximum absolute atomic E-state index is 12.4. The van der Waals surface area contributed by atoms with Gasteiger partial charge in [0.25, 0.3) is 0 Å². The van der Waals surface area contributed by atoms with Gasteiger partial charge in [-0.3, -0.25) is 4.79 Å². The first-order valence-corrected chi connectivity index (χ1v) is 4.80. The van der Waals surface area contributed by atoms with Crippen LogP contribution >= 0.6 is 0 Å². The fourth-order valence-corrected chi connectivity index (χ4v) is 1.10. The lowest BCUT2D eigenvalue weighted by Crippen LogP contribution is -2.04. The van der Waals surface area contributed by atoms with Crippen molar-refractivity contribution in [1.29, 1.82) is 0 Å². The van der Waals surface area contributed by atoms with E-state index in [1.54, 1.807) is 0 Å². The minimum Gasteiger partial charge on any atom is -0.507 e. The quantitative estimate of drug-likeness (QED) is 0.621. The van der Waals surface area contributed by atoms with Crippen molar-refractivity contribution in [2.24, 2.45) is 0 Å². The van der Waals surface area contributed by atoms with Crippen molar-refractivity contribution >= 4 is 5.97 Å². The van der Waals surface area contributed by atoms with Crippen LogP contribution in [0.1, 0.15) is 17.5 Å². The molecule has 0 bridgehead atoms. The summed E-state index contributed by atoms with van der Waals surface area (Å²) in [5, 5.41) is 9.34. The summed E-state index contributed by atoms with van der Waals surface area (Å²) >= 11 is 0. The average Bonchev–Trinajstić information content (AvgIpc) is 2.29. The number of hydrogen-bond donors (Lipinski definition) is 1. The van der Waals surface area contributed by atoms with E-state index >= 15 is 0 Å². The van der Waals surface area contributed by atoms with E-state index in [4.69, 9.17) is 0 Å². The van der Waals surface area contributed by atoms with Crippen LogP contribution in [0, 0.1) is 11.8 Å². The molecule has 0 radical (unpaired) electrons. The Morgan fingerprint density at radius 2 is 2.11 bits per heavy atom. The highest BCUT2D eigenvalue weighted by molar-refractivity contribution is 5.72. The van der Waals surface area contributed by atoms with E-state index in [2.05, 4.69) is 16.6 Å². The Bertz CT molecular complexity index is 510. The molecule has 1 aromatic rings. The van der Waals surface area contributed by atoms with Gasteiger partial charge in [0.05, 0.1) is 18.2 Å². The topological polar surface area (TPSA) is 46.5 Å². The number of aromatic hydroxyl groups is 1. The standard InChI is InChI=1S/C12H9F3O3/c1-18-11(17)4-2-3-8-7-9(12(13,14)15)5-6-10(8)16/h5-7,16H,4H2,1H3. The summed E-state index contributed by atoms with van der Waals surface area (Å²) in [4.78, 5) is 10.7. The minimum atomic E-state index is -4.51. The van der Waals surface area contributed by atoms with Crippen LogP contribution in [0.2, 0.25) is 0 Å². The number of rotatable bonds is 1. The van der Waals surface area contributed by atoms with Crippen LogP contribution < -0.4 is 0 Å². The van der Waals surface area contributed by atoms with Gasteiger partial charge in [0, 0.05) is 0 Å². The van der Waals surface area contributed by atoms with Gasteiger partial charge in [0.1, 0.15) is 12.2 Å². The first-order chi connectivity index (χ1) is 8.34. The zero-order valence-electron chi connectivity index (χ0n) is 9.34. The van der Waals surface area contributed by atoms with Gasteiger partial charge >= 0.3 is 12.1 Å². The van der Waals surface area contributed by atoms with Crippen molar-refractivity contribution in [3.8, 4) is 17.6 Å². The second-order valence-electron chi connectivity index (χ2n) is 3.28. The largest absolute Gasteiger partial charge is 0.507 e. The molecule has 0 aromatic heterocycles. The molecule has 0 amide bonds. The normalized spacial score (nSPS) is 10.4. The Labute approximate surface area is 101 Å². The van der Waals surface area contributed by atoms with Gasteiger partial charge in [-0.15, -0.1) is 0 Å². The Morgan fingerprint density at radius 1 is 1.44 bits per heavy atom. The number of hydrogen-bond acceptors (Lipinski definition) is 3. The third-order valence-corrected chi connectivity index (χ3v) is 2.01. The van der Waals surface area contributed by atoms with Crippen LogP contribution in [0.3, 0.4) is 0 Å². The SMILES string of the molecule is COC(=O)CC#Cc1cc(C(F)(F)F)ccc1O. The lowest BCUT2D eigenvalue weighted by Gasteiger charge is -2.07. The lowest BCUT2D eigenvalue weighted by atomic mass is 10.1. The summed E-state index contributed by atoms with van der Waals surface area (Å²) in [7, 11) is 1.17. The number of esters is 1. The Kier molecular flexibility index (Phi) is 4.21. The van der Waals surface area contributed by atoms with Gasteiger partial charge in [-0.1, -0.05) is 11.8 Å². The molecule has 0 saturated heterocycles. The zero-order valence-corrected chi connectivity index (χ0v) is 9.34. The van der Waals surface area contributed by atoms with E-state index in [1.807, 2.05) is 0 Å². The predicted molar refractivity (Wildman–Crippen MR) is 56.6 cm³/mol. The van der Waals surface area contributed by atoms with E-state index in [0.717, 1.165) is 18.2 Å². The minimum absolute atomic E-state index is 0.186. The molecular weight excluding hydrogens is 249 g/mol. The Morgan fingerprint density at radius 3 is 2.67 bits per heavy atom. The Hall–Kier alpha value is -2.16. The van der Waals surface area contributed by atoms with Crippen molar-refractivity contribution in [3.05, 3.63) is 29.3 Å². The van der Waals surface area contributed by atoms with Crippen LogP contribution in [0.4, 0.5) is 13.2 Å². The van der Waals surface area contributed by atoms with Crippen LogP contribution in [-0.2, 0) is 15.7 Å². The van der Waals surface area contributed by atoms with Crippen molar-refractivity contribution in [2.45, 2.75) is 12.6 Å². The highest BCUT2D eigenvalue weighted by atomic mass is 19.4. The van der Waals surface area contributed by atoms with Gasteiger partial charge < -0.3 is 9.84 Å². The number of phenols is 1. The van der Waals surface area contributed by atoms with E-state index in [9.17, 15) is 23.1 Å². The highest BCUT2D eigenvalue weighted by Crippen LogP contribution is 2.31. The lowest BCUT2D eigenvalue weighted by molar-refractivity contribution is -0.139. The molecule has 0 aliphatic rings. The molecule has 0 atom stereocenters. The second-order valence-corrected chi connectivity index (χ2v) is 3.28. The number of carbonyl (C=O) groups is 1. The van der Waals surface area contributed by atoms with E-state index in [0.29, 0.717) is 0 Å². The summed E-state index contributed by atoms with van der Waals surface area (Å²) in [6.45, 7) is 0. The predicted octanol–water partition coefficient (Wildman–Crippen LogP) is 2.33. The van der Waals surface area contributed by atoms with Gasteiger partial charge in [0.15, 0.2) is 0 Å². The monoisotopic (exact) mass is 258 g/mol. The van der Waals surface area contributed by atoms with Crippen LogP contribution in [0.15, 0.2) is 18.2 Å². The number of halogens is 3. The number of benzene rings is 1. The third kappa shape index (κ3) is 3.70. The van der Waals surface area contributed by atoms with Crippen LogP contribution in [0.5, 0.6) is 5.75 Å². The molecule has 0 aliphatic heterocycles. The summed E-state index contributed by atoms with van der Waals surface area (Å²) in [6, 6.07) is 2.38. The molecule has 96 valence electrons. The maximum atomic E-state index is 12.4. The van der Waals surface area contributed by atoms with Crippen LogP contribution in [0.25, 0.3) is 0 Å². The van der Waals surface area contributed by atoms with Gasteiger partial charge in [-0.25, -0.2) is 0 Å². The van der Waals surface area contributed by atoms with Crippen molar-refractivity contribution < 1.29 is 27.8 Å². The molecule has 0 spiro atoms. The van der Waals surface area contributed by atoms with Gasteiger partial charge in [-0.05, 0) is 18.2 Å². The number of carbonyl (C=O) groups excluding carboxylic acids is 1. The fraction of sp³-hybridized carbons (Fsp3) is 0.250. The fourth-order valence-electron chi connectivity index (χ4n) is 1.10. The van der Waals surface area contributed by atoms with E-state index < -0.39 is 17.7 Å². The average molecular weight is 258 g/mol. The number of ether oxygens (including phenoxy) is 1. The Balaban J connectivity index is 2.98. The van der Waals surface area contributed by atoms with E-state index in [1.165, 1.54) is 7.11 Å². The molecule has 0 aliphatic carbocycles. The molecule has 1 N–H and O–H groups in total. The number of alkyl halides is 3. The highest BCUT2D eigenvalue weighted by Gasteiger charge is 2.30. The summed E-state index contributed by atoms with van der Waals surface area (Å²) in [5.74, 6) is 3.63. The zero-order chi connectivity index (χ0) is 13.8. The summed E-state index contributed by atoms with van der Waals surface area (Å²) < 4.78 is 41.5. The van der Waals surface area contributed by atoms with Gasteiger partial charge in [-0.2, -0.15) is 13.2 Å². The molecular formula is C12H9F3O3. The maximum Gasteiger partial charge on any atom is 0.416 e. The molecule has 0 unspecified atom stereocenters. The van der Waals surface area contributed by atoms with Gasteiger partial charge in [0.2, 0.25) is 0 Å². The van der Waals surface area contributed by atoms with Crippen molar-refractivity contribution in [3.63, 3.8) is 0 Å². The molecule has 18 heavy (non-hydrogen) atoms. The third-order valence-electron chi connectivity index (χ3n) is 2.01. The van der Waals surface area contributed by atoms with Crippen LogP contribution in [-0.4, -0.2) is 18.2 Å². The molecule has 0 fully saturated rings.